The van der Waals surface area contributed by atoms with Gasteiger partial charge in [0.2, 0.25) is 0 Å². The number of nitriles is 4. The van der Waals surface area contributed by atoms with Crippen LogP contribution in [0.25, 0.3) is 0 Å². The maximum Gasteiger partial charge on any atom is 0.171 e. The molecular weight excluding hydrogens is 288 g/mol. The molecule has 0 saturated heterocycles. The van der Waals surface area contributed by atoms with Gasteiger partial charge in [-0.2, -0.15) is 21.0 Å². The van der Waals surface area contributed by atoms with Crippen molar-refractivity contribution in [2.75, 3.05) is 0 Å². The number of halogens is 4. The SMILES string of the molecule is CC(C#N)(C#N)c1c(F)c(F)c(C(C#N)C#N)c(F)c1F. The van der Waals surface area contributed by atoms with E-state index in [2.05, 4.69) is 0 Å². The van der Waals surface area contributed by atoms with E-state index in [0.717, 1.165) is 6.92 Å². The molecule has 1 aromatic rings. The van der Waals surface area contributed by atoms with E-state index in [9.17, 15) is 17.6 Å². The summed E-state index contributed by atoms with van der Waals surface area (Å²) in [6.07, 6.45) is 0. The van der Waals surface area contributed by atoms with Gasteiger partial charge in [0.1, 0.15) is 0 Å². The molecule has 0 unspecified atom stereocenters. The van der Waals surface area contributed by atoms with E-state index >= 15 is 0 Å². The number of rotatable bonds is 2. The normalized spacial score (nSPS) is 10.4. The van der Waals surface area contributed by atoms with E-state index in [4.69, 9.17) is 21.0 Å². The van der Waals surface area contributed by atoms with E-state index < -0.39 is 45.7 Å². The summed E-state index contributed by atoms with van der Waals surface area (Å²) in [5, 5.41) is 34.7. The van der Waals surface area contributed by atoms with Crippen molar-refractivity contribution in [3.8, 4) is 24.3 Å². The molecule has 0 bridgehead atoms. The zero-order valence-corrected chi connectivity index (χ0v) is 10.4. The van der Waals surface area contributed by atoms with Crippen LogP contribution in [0.2, 0.25) is 0 Å². The second-order valence-corrected chi connectivity index (χ2v) is 4.08. The molecule has 0 saturated carbocycles. The van der Waals surface area contributed by atoms with Crippen molar-refractivity contribution >= 4 is 0 Å². The van der Waals surface area contributed by atoms with Crippen LogP contribution in [0, 0.1) is 68.6 Å². The minimum Gasteiger partial charge on any atom is -0.203 e. The Morgan fingerprint density at radius 3 is 1.48 bits per heavy atom. The predicted molar refractivity (Wildman–Crippen MR) is 58.8 cm³/mol. The summed E-state index contributed by atoms with van der Waals surface area (Å²) in [6.45, 7) is 0.777. The van der Waals surface area contributed by atoms with Gasteiger partial charge in [0.05, 0.1) is 35.4 Å². The lowest BCUT2D eigenvalue weighted by atomic mass is 9.83. The topological polar surface area (TPSA) is 95.2 Å². The maximum atomic E-state index is 13.9. The van der Waals surface area contributed by atoms with Crippen LogP contribution in [-0.2, 0) is 5.41 Å². The smallest absolute Gasteiger partial charge is 0.171 e. The van der Waals surface area contributed by atoms with Crippen LogP contribution in [0.5, 0.6) is 0 Å². The number of nitrogens with zero attached hydrogens (tertiary/aromatic N) is 4. The van der Waals surface area contributed by atoms with E-state index in [1.807, 2.05) is 0 Å². The Morgan fingerprint density at radius 2 is 1.19 bits per heavy atom. The van der Waals surface area contributed by atoms with Crippen LogP contribution in [0.15, 0.2) is 0 Å². The highest BCUT2D eigenvalue weighted by atomic mass is 19.2. The first-order chi connectivity index (χ1) is 9.78. The second-order valence-electron chi connectivity index (χ2n) is 4.08. The fourth-order valence-corrected chi connectivity index (χ4v) is 1.64. The van der Waals surface area contributed by atoms with Gasteiger partial charge in [0.25, 0.3) is 0 Å². The van der Waals surface area contributed by atoms with Crippen LogP contribution < -0.4 is 0 Å². The van der Waals surface area contributed by atoms with Crippen LogP contribution in [0.1, 0.15) is 24.0 Å². The first-order valence-electron chi connectivity index (χ1n) is 5.27. The summed E-state index contributed by atoms with van der Waals surface area (Å²) >= 11 is 0. The third kappa shape index (κ3) is 2.24. The standard InChI is InChI=1S/C13H4F4N4/c1-13(4-20,5-21)8-11(16)9(14)7(6(2-18)3-19)10(15)12(8)17/h6H,1H3. The molecule has 0 heterocycles. The predicted octanol–water partition coefficient (Wildman–Crippen LogP) is 2.68. The summed E-state index contributed by atoms with van der Waals surface area (Å²) in [7, 11) is 0. The molecule has 0 spiro atoms. The fraction of sp³-hybridized carbons (Fsp3) is 0.231. The third-order valence-corrected chi connectivity index (χ3v) is 2.79. The Balaban J connectivity index is 3.91. The van der Waals surface area contributed by atoms with E-state index in [1.54, 1.807) is 0 Å². The molecule has 0 radical (unpaired) electrons. The summed E-state index contributed by atoms with van der Waals surface area (Å²) in [5.74, 6) is -9.99. The largest absolute Gasteiger partial charge is 0.203 e. The summed E-state index contributed by atoms with van der Waals surface area (Å²) in [4.78, 5) is 0. The van der Waals surface area contributed by atoms with Gasteiger partial charge in [-0.25, -0.2) is 17.6 Å². The molecule has 0 N–H and O–H groups in total. The van der Waals surface area contributed by atoms with Crippen molar-refractivity contribution in [1.82, 2.24) is 0 Å². The highest BCUT2D eigenvalue weighted by Crippen LogP contribution is 2.35. The monoisotopic (exact) mass is 292 g/mol. The molecule has 21 heavy (non-hydrogen) atoms. The van der Waals surface area contributed by atoms with Gasteiger partial charge < -0.3 is 0 Å². The number of hydrogen-bond acceptors (Lipinski definition) is 4. The lowest BCUT2D eigenvalue weighted by molar-refractivity contribution is 0.416. The van der Waals surface area contributed by atoms with Crippen molar-refractivity contribution in [2.45, 2.75) is 18.3 Å². The molecule has 0 aliphatic heterocycles. The van der Waals surface area contributed by atoms with E-state index in [-0.39, 0.29) is 0 Å². The Bertz CT molecular complexity index is 717. The molecule has 0 atom stereocenters. The van der Waals surface area contributed by atoms with Gasteiger partial charge >= 0.3 is 0 Å². The molecule has 104 valence electrons. The van der Waals surface area contributed by atoms with E-state index in [0.29, 0.717) is 0 Å². The zero-order valence-electron chi connectivity index (χ0n) is 10.4. The summed E-state index contributed by atoms with van der Waals surface area (Å²) in [5.41, 5.74) is -5.26. The van der Waals surface area contributed by atoms with E-state index in [1.165, 1.54) is 24.3 Å². The van der Waals surface area contributed by atoms with Crippen LogP contribution >= 0.6 is 0 Å². The van der Waals surface area contributed by atoms with Gasteiger partial charge in [-0.3, -0.25) is 0 Å². The average Bonchev–Trinajstić information content (AvgIpc) is 2.49. The molecule has 0 fully saturated rings. The van der Waals surface area contributed by atoms with Gasteiger partial charge in [0, 0.05) is 0 Å². The molecule has 0 amide bonds. The lowest BCUT2D eigenvalue weighted by Crippen LogP contribution is -2.24. The zero-order chi connectivity index (χ0) is 16.4. The Morgan fingerprint density at radius 1 is 0.810 bits per heavy atom. The second kappa shape index (κ2) is 5.49. The van der Waals surface area contributed by atoms with Crippen molar-refractivity contribution in [2.24, 2.45) is 0 Å². The van der Waals surface area contributed by atoms with Crippen LogP contribution in [0.3, 0.4) is 0 Å². The van der Waals surface area contributed by atoms with Crippen molar-refractivity contribution in [3.05, 3.63) is 34.4 Å². The van der Waals surface area contributed by atoms with Crippen LogP contribution in [0.4, 0.5) is 17.6 Å². The first-order valence-corrected chi connectivity index (χ1v) is 5.27. The number of benzene rings is 1. The quantitative estimate of drug-likeness (QED) is 0.618. The fourth-order valence-electron chi connectivity index (χ4n) is 1.64. The molecule has 0 aromatic heterocycles. The molecule has 0 aliphatic rings. The van der Waals surface area contributed by atoms with Crippen molar-refractivity contribution < 1.29 is 17.6 Å². The highest BCUT2D eigenvalue weighted by Gasteiger charge is 2.39. The van der Waals surface area contributed by atoms with Gasteiger partial charge in [-0.1, -0.05) is 0 Å². The highest BCUT2D eigenvalue weighted by molar-refractivity contribution is 5.46. The van der Waals surface area contributed by atoms with Gasteiger partial charge in [-0.15, -0.1) is 0 Å². The minimum absolute atomic E-state index is 0.777. The molecule has 0 aliphatic carbocycles. The number of hydrogen-bond donors (Lipinski definition) is 0. The van der Waals surface area contributed by atoms with Crippen molar-refractivity contribution in [1.29, 1.82) is 21.0 Å². The Kier molecular flexibility index (Phi) is 4.17. The maximum absolute atomic E-state index is 13.9. The van der Waals surface area contributed by atoms with Gasteiger partial charge in [-0.05, 0) is 6.92 Å². The summed E-state index contributed by atoms with van der Waals surface area (Å²) < 4.78 is 55.5. The first kappa shape index (κ1) is 16.0. The average molecular weight is 292 g/mol. The van der Waals surface area contributed by atoms with Crippen molar-refractivity contribution in [3.63, 3.8) is 0 Å². The lowest BCUT2D eigenvalue weighted by Gasteiger charge is -2.18. The van der Waals surface area contributed by atoms with Crippen LogP contribution in [-0.4, -0.2) is 0 Å². The Labute approximate surface area is 116 Å². The van der Waals surface area contributed by atoms with Gasteiger partial charge in [0.15, 0.2) is 34.6 Å². The third-order valence-electron chi connectivity index (χ3n) is 2.79. The molecule has 1 rings (SSSR count). The summed E-state index contributed by atoms with van der Waals surface area (Å²) in [6, 6.07) is 4.88. The molecule has 1 aromatic carbocycles. The minimum atomic E-state index is -2.47. The molecule has 4 nitrogen and oxygen atoms in total. The molecular formula is C13H4F4N4. The molecule has 8 heteroatoms. The Hall–Kier alpha value is -3.10.